The van der Waals surface area contributed by atoms with Crippen molar-refractivity contribution >= 4 is 34.2 Å². The highest BCUT2D eigenvalue weighted by Gasteiger charge is 2.11. The Morgan fingerprint density at radius 1 is 1.00 bits per heavy atom. The zero-order valence-electron chi connectivity index (χ0n) is 12.5. The summed E-state index contributed by atoms with van der Waals surface area (Å²) in [5.41, 5.74) is 3.69. The third-order valence-corrected chi connectivity index (χ3v) is 4.34. The number of aryl methyl sites for hydroxylation is 2. The largest absolute Gasteiger partial charge is 0.421 e. The Morgan fingerprint density at radius 3 is 2.79 bits per heavy atom. The maximum absolute atomic E-state index is 6.18. The van der Waals surface area contributed by atoms with E-state index in [2.05, 4.69) is 20.2 Å². The van der Waals surface area contributed by atoms with Crippen LogP contribution < -0.4 is 0 Å². The van der Waals surface area contributed by atoms with E-state index in [0.29, 0.717) is 34.7 Å². The second kappa shape index (κ2) is 6.26. The number of aromatic nitrogens is 4. The highest BCUT2D eigenvalue weighted by atomic mass is 35.5. The Balaban J connectivity index is 1.52. The van der Waals surface area contributed by atoms with Gasteiger partial charge in [0.1, 0.15) is 0 Å². The third-order valence-electron chi connectivity index (χ3n) is 3.76. The van der Waals surface area contributed by atoms with E-state index in [4.69, 9.17) is 27.6 Å². The van der Waals surface area contributed by atoms with E-state index in [9.17, 15) is 0 Å². The number of hydrogen-bond donors (Lipinski definition) is 1. The molecule has 1 N–H and O–H groups in total. The van der Waals surface area contributed by atoms with Gasteiger partial charge in [0.25, 0.3) is 0 Å². The predicted octanol–water partition coefficient (Wildman–Crippen LogP) is 4.70. The normalized spacial score (nSPS) is 11.2. The highest BCUT2D eigenvalue weighted by Crippen LogP contribution is 2.24. The van der Waals surface area contributed by atoms with Crippen LogP contribution in [0.4, 0.5) is 0 Å². The molecule has 2 aromatic heterocycles. The van der Waals surface area contributed by atoms with Gasteiger partial charge < -0.3 is 9.40 Å². The van der Waals surface area contributed by atoms with Crippen LogP contribution in [0.5, 0.6) is 0 Å². The number of rotatable bonds is 4. The van der Waals surface area contributed by atoms with Gasteiger partial charge in [-0.25, -0.2) is 4.98 Å². The van der Waals surface area contributed by atoms with Crippen molar-refractivity contribution in [3.8, 4) is 11.5 Å². The van der Waals surface area contributed by atoms with Crippen LogP contribution in [0.25, 0.3) is 22.5 Å². The first-order valence-corrected chi connectivity index (χ1v) is 8.14. The van der Waals surface area contributed by atoms with Crippen LogP contribution in [-0.4, -0.2) is 20.2 Å². The van der Waals surface area contributed by atoms with E-state index in [-0.39, 0.29) is 0 Å². The fraction of sp³-hybridized carbons (Fsp3) is 0.118. The van der Waals surface area contributed by atoms with Crippen LogP contribution in [0.1, 0.15) is 11.5 Å². The molecule has 7 heteroatoms. The lowest BCUT2D eigenvalue weighted by atomic mass is 10.1. The average molecular weight is 359 g/mol. The van der Waals surface area contributed by atoms with Gasteiger partial charge in [-0.1, -0.05) is 29.3 Å². The Hall–Kier alpha value is -2.37. The molecule has 0 aliphatic heterocycles. The highest BCUT2D eigenvalue weighted by molar-refractivity contribution is 6.35. The van der Waals surface area contributed by atoms with Gasteiger partial charge in [-0.2, -0.15) is 0 Å². The number of halogens is 2. The number of benzene rings is 2. The summed E-state index contributed by atoms with van der Waals surface area (Å²) in [4.78, 5) is 7.26. The first kappa shape index (κ1) is 15.2. The van der Waals surface area contributed by atoms with Crippen molar-refractivity contribution in [2.24, 2.45) is 0 Å². The van der Waals surface area contributed by atoms with Crippen molar-refractivity contribution in [2.45, 2.75) is 12.8 Å². The van der Waals surface area contributed by atoms with E-state index in [1.165, 1.54) is 0 Å². The number of H-pyrrole nitrogens is 1. The molecular formula is C17H12Cl2N4O. The maximum Gasteiger partial charge on any atom is 0.247 e. The molecule has 0 unspecified atom stereocenters. The molecular weight excluding hydrogens is 347 g/mol. The molecule has 4 rings (SSSR count). The molecule has 4 aromatic rings. The number of hydrogen-bond acceptors (Lipinski definition) is 4. The molecule has 2 aromatic carbocycles. The van der Waals surface area contributed by atoms with Crippen molar-refractivity contribution in [2.75, 3.05) is 0 Å². The monoisotopic (exact) mass is 358 g/mol. The summed E-state index contributed by atoms with van der Waals surface area (Å²) in [6.07, 6.45) is 2.97. The molecule has 5 nitrogen and oxygen atoms in total. The first-order chi connectivity index (χ1) is 11.7. The van der Waals surface area contributed by atoms with E-state index in [0.717, 1.165) is 22.2 Å². The van der Waals surface area contributed by atoms with Crippen LogP contribution in [0, 0.1) is 0 Å². The standard InChI is InChI=1S/C17H12Cl2N4O/c18-12-4-1-10(13(19)8-12)3-6-16-22-23-17(24-16)11-2-5-14-15(7-11)21-9-20-14/h1-2,4-5,7-9H,3,6H2,(H,20,21). The Labute approximate surface area is 147 Å². The molecule has 0 amide bonds. The Bertz CT molecular complexity index is 1010. The minimum atomic E-state index is 0.490. The molecule has 0 radical (unpaired) electrons. The van der Waals surface area contributed by atoms with Crippen molar-refractivity contribution in [1.82, 2.24) is 20.2 Å². The van der Waals surface area contributed by atoms with Crippen LogP contribution in [0.3, 0.4) is 0 Å². The van der Waals surface area contributed by atoms with Crippen molar-refractivity contribution in [1.29, 1.82) is 0 Å². The van der Waals surface area contributed by atoms with E-state index in [1.807, 2.05) is 30.3 Å². The topological polar surface area (TPSA) is 67.6 Å². The zero-order chi connectivity index (χ0) is 16.5. The molecule has 0 aliphatic rings. The maximum atomic E-state index is 6.18. The molecule has 0 saturated heterocycles. The van der Waals surface area contributed by atoms with E-state index >= 15 is 0 Å². The summed E-state index contributed by atoms with van der Waals surface area (Å²) in [5, 5.41) is 9.50. The number of imidazole rings is 1. The lowest BCUT2D eigenvalue weighted by Gasteiger charge is -2.02. The molecule has 120 valence electrons. The fourth-order valence-electron chi connectivity index (χ4n) is 2.51. The molecule has 0 atom stereocenters. The molecule has 0 fully saturated rings. The minimum absolute atomic E-state index is 0.490. The summed E-state index contributed by atoms with van der Waals surface area (Å²) in [5.74, 6) is 1.06. The van der Waals surface area contributed by atoms with Gasteiger partial charge in [-0.15, -0.1) is 10.2 Å². The van der Waals surface area contributed by atoms with Gasteiger partial charge >= 0.3 is 0 Å². The van der Waals surface area contributed by atoms with Gasteiger partial charge in [-0.3, -0.25) is 0 Å². The summed E-state index contributed by atoms with van der Waals surface area (Å²) in [6.45, 7) is 0. The molecule has 0 spiro atoms. The molecule has 0 saturated carbocycles. The zero-order valence-corrected chi connectivity index (χ0v) is 14.0. The van der Waals surface area contributed by atoms with Crippen molar-refractivity contribution in [3.63, 3.8) is 0 Å². The van der Waals surface area contributed by atoms with Crippen LogP contribution in [0.15, 0.2) is 47.1 Å². The Kier molecular flexibility index (Phi) is 3.96. The second-order valence-corrected chi connectivity index (χ2v) is 6.21. The van der Waals surface area contributed by atoms with Gasteiger partial charge in [-0.05, 0) is 42.3 Å². The van der Waals surface area contributed by atoms with Crippen LogP contribution in [-0.2, 0) is 12.8 Å². The van der Waals surface area contributed by atoms with Gasteiger partial charge in [0.2, 0.25) is 11.8 Å². The molecule has 0 aliphatic carbocycles. The lowest BCUT2D eigenvalue weighted by molar-refractivity contribution is 0.504. The predicted molar refractivity (Wildman–Crippen MR) is 93.3 cm³/mol. The number of fused-ring (bicyclic) bond motifs is 1. The molecule has 24 heavy (non-hydrogen) atoms. The van der Waals surface area contributed by atoms with Crippen molar-refractivity contribution < 1.29 is 4.42 Å². The smallest absolute Gasteiger partial charge is 0.247 e. The van der Waals surface area contributed by atoms with Crippen LogP contribution in [0.2, 0.25) is 10.0 Å². The summed E-state index contributed by atoms with van der Waals surface area (Å²) < 4.78 is 5.75. The van der Waals surface area contributed by atoms with Gasteiger partial charge in [0.15, 0.2) is 0 Å². The SMILES string of the molecule is Clc1ccc(CCc2nnc(-c3ccc4nc[nH]c4c3)o2)c(Cl)c1. The minimum Gasteiger partial charge on any atom is -0.421 e. The third kappa shape index (κ3) is 3.00. The quantitative estimate of drug-likeness (QED) is 0.573. The number of aromatic amines is 1. The van der Waals surface area contributed by atoms with Gasteiger partial charge in [0.05, 0.1) is 17.4 Å². The summed E-state index contributed by atoms with van der Waals surface area (Å²) in [7, 11) is 0. The Morgan fingerprint density at radius 2 is 1.92 bits per heavy atom. The summed E-state index contributed by atoms with van der Waals surface area (Å²) in [6, 6.07) is 11.2. The second-order valence-electron chi connectivity index (χ2n) is 5.37. The van der Waals surface area contributed by atoms with Crippen molar-refractivity contribution in [3.05, 3.63) is 64.2 Å². The number of nitrogens with zero attached hydrogens (tertiary/aromatic N) is 3. The van der Waals surface area contributed by atoms with E-state index < -0.39 is 0 Å². The average Bonchev–Trinajstić information content (AvgIpc) is 3.22. The van der Waals surface area contributed by atoms with Gasteiger partial charge in [0, 0.05) is 22.0 Å². The fourth-order valence-corrected chi connectivity index (χ4v) is 3.01. The lowest BCUT2D eigenvalue weighted by Crippen LogP contribution is -1.92. The first-order valence-electron chi connectivity index (χ1n) is 7.39. The molecule has 2 heterocycles. The number of nitrogens with one attached hydrogen (secondary N) is 1. The van der Waals surface area contributed by atoms with Crippen LogP contribution >= 0.6 is 23.2 Å². The molecule has 0 bridgehead atoms. The summed E-state index contributed by atoms with van der Waals surface area (Å²) >= 11 is 12.1. The van der Waals surface area contributed by atoms with E-state index in [1.54, 1.807) is 12.4 Å².